The van der Waals surface area contributed by atoms with Crippen LogP contribution in [0.5, 0.6) is 0 Å². The number of hydrogen-bond donors (Lipinski definition) is 0. The molecule has 16 heavy (non-hydrogen) atoms. The minimum absolute atomic E-state index is 0.0664. The molecule has 0 aromatic carbocycles. The van der Waals surface area contributed by atoms with Crippen LogP contribution < -0.4 is 0 Å². The molecular weight excluding hydrogens is 200 g/mol. The Morgan fingerprint density at radius 2 is 2.12 bits per heavy atom. The first-order valence-electron chi connectivity index (χ1n) is 6.18. The lowest BCUT2D eigenvalue weighted by Gasteiger charge is -2.22. The summed E-state index contributed by atoms with van der Waals surface area (Å²) in [5.74, 6) is 0.506. The summed E-state index contributed by atoms with van der Waals surface area (Å²) in [5, 5.41) is 0. The second kappa shape index (κ2) is 5.03. The lowest BCUT2D eigenvalue weighted by Crippen LogP contribution is -2.10. The fraction of sp³-hybridized carbons (Fsp3) is 0.786. The molecule has 1 saturated heterocycles. The van der Waals surface area contributed by atoms with E-state index in [-0.39, 0.29) is 12.1 Å². The third-order valence-electron chi connectivity index (χ3n) is 2.81. The van der Waals surface area contributed by atoms with Crippen molar-refractivity contribution in [2.45, 2.75) is 60.0 Å². The van der Waals surface area contributed by atoms with Crippen LogP contribution in [-0.4, -0.2) is 12.1 Å². The zero-order valence-corrected chi connectivity index (χ0v) is 11.2. The summed E-state index contributed by atoms with van der Waals surface area (Å²) in [7, 11) is 0. The number of carbonyl (C=O) groups excluding carboxylic acids is 1. The smallest absolute Gasteiger partial charge is 0.334 e. The maximum Gasteiger partial charge on any atom is 0.334 e. The number of rotatable bonds is 3. The normalized spacial score (nSPS) is 25.9. The van der Waals surface area contributed by atoms with E-state index in [0.717, 1.165) is 18.4 Å². The average Bonchev–Trinajstić information content (AvgIpc) is 2.38. The van der Waals surface area contributed by atoms with Gasteiger partial charge in [0.1, 0.15) is 6.10 Å². The molecule has 0 unspecified atom stereocenters. The zero-order chi connectivity index (χ0) is 12.3. The Bertz CT molecular complexity index is 284. The quantitative estimate of drug-likeness (QED) is 0.539. The van der Waals surface area contributed by atoms with Crippen LogP contribution in [0.15, 0.2) is 11.6 Å². The number of esters is 1. The molecule has 92 valence electrons. The van der Waals surface area contributed by atoms with Crippen LogP contribution in [0, 0.1) is 11.3 Å². The summed E-state index contributed by atoms with van der Waals surface area (Å²) in [6, 6.07) is 0. The van der Waals surface area contributed by atoms with E-state index in [0.29, 0.717) is 11.3 Å². The minimum atomic E-state index is -0.115. The number of carbonyl (C=O) groups is 1. The maximum atomic E-state index is 11.4. The molecule has 2 heteroatoms. The van der Waals surface area contributed by atoms with Crippen molar-refractivity contribution in [2.24, 2.45) is 11.3 Å². The van der Waals surface area contributed by atoms with Crippen LogP contribution in [0.25, 0.3) is 0 Å². The summed E-state index contributed by atoms with van der Waals surface area (Å²) >= 11 is 0. The molecule has 2 atom stereocenters. The molecule has 1 aliphatic rings. The van der Waals surface area contributed by atoms with Gasteiger partial charge in [-0.2, -0.15) is 0 Å². The topological polar surface area (TPSA) is 26.3 Å². The standard InChI is InChI=1S/C14H24O2/c1-10(9-14(3,4)5)6-7-12-8-11(2)16-13(12)15/h7,10-11H,6,8-9H2,1-5H3/b12-7-/t10-,11-/m0/s1. The maximum absolute atomic E-state index is 11.4. The summed E-state index contributed by atoms with van der Waals surface area (Å²) in [4.78, 5) is 11.4. The zero-order valence-electron chi connectivity index (χ0n) is 11.2. The Morgan fingerprint density at radius 1 is 1.50 bits per heavy atom. The third-order valence-corrected chi connectivity index (χ3v) is 2.81. The highest BCUT2D eigenvalue weighted by molar-refractivity contribution is 5.90. The molecule has 0 spiro atoms. The first kappa shape index (κ1) is 13.3. The van der Waals surface area contributed by atoms with Gasteiger partial charge in [-0.05, 0) is 31.1 Å². The second-order valence-electron chi connectivity index (χ2n) is 6.26. The van der Waals surface area contributed by atoms with Crippen molar-refractivity contribution in [3.8, 4) is 0 Å². The van der Waals surface area contributed by atoms with Gasteiger partial charge in [0, 0.05) is 12.0 Å². The SMILES string of the molecule is C[C@@H](C/C=C1/C[C@H](C)OC1=O)CC(C)(C)C. The first-order chi connectivity index (χ1) is 7.28. The van der Waals surface area contributed by atoms with E-state index in [4.69, 9.17) is 4.74 Å². The fourth-order valence-electron chi connectivity index (χ4n) is 2.33. The molecule has 1 rings (SSSR count). The van der Waals surface area contributed by atoms with Gasteiger partial charge in [-0.15, -0.1) is 0 Å². The van der Waals surface area contributed by atoms with Gasteiger partial charge in [-0.25, -0.2) is 4.79 Å². The lowest BCUT2D eigenvalue weighted by molar-refractivity contribution is -0.138. The van der Waals surface area contributed by atoms with Gasteiger partial charge in [0.2, 0.25) is 0 Å². The van der Waals surface area contributed by atoms with Gasteiger partial charge >= 0.3 is 5.97 Å². The molecule has 1 fully saturated rings. The van der Waals surface area contributed by atoms with Crippen LogP contribution in [-0.2, 0) is 9.53 Å². The van der Waals surface area contributed by atoms with E-state index < -0.39 is 0 Å². The molecule has 0 bridgehead atoms. The van der Waals surface area contributed by atoms with Gasteiger partial charge in [0.25, 0.3) is 0 Å². The molecule has 0 aromatic heterocycles. The van der Waals surface area contributed by atoms with Crippen molar-refractivity contribution >= 4 is 5.97 Å². The second-order valence-corrected chi connectivity index (χ2v) is 6.26. The molecule has 0 amide bonds. The highest BCUT2D eigenvalue weighted by atomic mass is 16.5. The van der Waals surface area contributed by atoms with Crippen LogP contribution in [0.2, 0.25) is 0 Å². The minimum Gasteiger partial charge on any atom is -0.459 e. The number of hydrogen-bond acceptors (Lipinski definition) is 2. The first-order valence-corrected chi connectivity index (χ1v) is 6.18. The van der Waals surface area contributed by atoms with Crippen LogP contribution in [0.3, 0.4) is 0 Å². The van der Waals surface area contributed by atoms with Gasteiger partial charge in [-0.1, -0.05) is 33.8 Å². The van der Waals surface area contributed by atoms with Gasteiger partial charge in [0.05, 0.1) is 0 Å². The Morgan fingerprint density at radius 3 is 2.56 bits per heavy atom. The molecule has 1 heterocycles. The average molecular weight is 224 g/mol. The molecule has 0 radical (unpaired) electrons. The van der Waals surface area contributed by atoms with Crippen molar-refractivity contribution in [2.75, 3.05) is 0 Å². The molecule has 2 nitrogen and oxygen atoms in total. The number of allylic oxidation sites excluding steroid dienone is 1. The van der Waals surface area contributed by atoms with Crippen LogP contribution in [0.1, 0.15) is 53.9 Å². The number of cyclic esters (lactones) is 1. The van der Waals surface area contributed by atoms with Gasteiger partial charge in [-0.3, -0.25) is 0 Å². The molecule has 1 aliphatic heterocycles. The molecule has 0 N–H and O–H groups in total. The predicted molar refractivity (Wildman–Crippen MR) is 66.1 cm³/mol. The van der Waals surface area contributed by atoms with Crippen molar-refractivity contribution in [3.05, 3.63) is 11.6 Å². The van der Waals surface area contributed by atoms with E-state index >= 15 is 0 Å². The molecule has 0 aliphatic carbocycles. The van der Waals surface area contributed by atoms with Crippen molar-refractivity contribution in [1.29, 1.82) is 0 Å². The summed E-state index contributed by atoms with van der Waals surface area (Å²) in [5.41, 5.74) is 1.23. The Balaban J connectivity index is 2.44. The summed E-state index contributed by atoms with van der Waals surface area (Å²) in [6.07, 6.45) is 5.08. The van der Waals surface area contributed by atoms with E-state index in [2.05, 4.69) is 33.8 Å². The van der Waals surface area contributed by atoms with Gasteiger partial charge in [0.15, 0.2) is 0 Å². The predicted octanol–water partition coefficient (Wildman–Crippen LogP) is 3.71. The van der Waals surface area contributed by atoms with Crippen LogP contribution in [0.4, 0.5) is 0 Å². The third kappa shape index (κ3) is 4.38. The Kier molecular flexibility index (Phi) is 4.17. The van der Waals surface area contributed by atoms with Crippen LogP contribution >= 0.6 is 0 Å². The highest BCUT2D eigenvalue weighted by Crippen LogP contribution is 2.27. The molecular formula is C14H24O2. The van der Waals surface area contributed by atoms with Gasteiger partial charge < -0.3 is 4.74 Å². The lowest BCUT2D eigenvalue weighted by atomic mass is 9.84. The van der Waals surface area contributed by atoms with E-state index in [1.165, 1.54) is 6.42 Å². The largest absolute Gasteiger partial charge is 0.459 e. The van der Waals surface area contributed by atoms with E-state index in [1.807, 2.05) is 6.92 Å². The molecule has 0 aromatic rings. The Hall–Kier alpha value is -0.790. The highest BCUT2D eigenvalue weighted by Gasteiger charge is 2.25. The van der Waals surface area contributed by atoms with E-state index in [9.17, 15) is 4.79 Å². The monoisotopic (exact) mass is 224 g/mol. The fourth-order valence-corrected chi connectivity index (χ4v) is 2.33. The van der Waals surface area contributed by atoms with E-state index in [1.54, 1.807) is 0 Å². The molecule has 0 saturated carbocycles. The summed E-state index contributed by atoms with van der Waals surface area (Å²) in [6.45, 7) is 10.9. The van der Waals surface area contributed by atoms with Crippen molar-refractivity contribution in [1.82, 2.24) is 0 Å². The number of ether oxygens (including phenoxy) is 1. The van der Waals surface area contributed by atoms with Crippen molar-refractivity contribution in [3.63, 3.8) is 0 Å². The van der Waals surface area contributed by atoms with Crippen molar-refractivity contribution < 1.29 is 9.53 Å². The summed E-state index contributed by atoms with van der Waals surface area (Å²) < 4.78 is 5.10. The Labute approximate surface area is 99.1 Å².